The third-order valence-electron chi connectivity index (χ3n) is 2.21. The van der Waals surface area contributed by atoms with Crippen molar-refractivity contribution in [1.29, 1.82) is 0 Å². The number of halogens is 1. The highest BCUT2D eigenvalue weighted by Crippen LogP contribution is 2.21. The van der Waals surface area contributed by atoms with Gasteiger partial charge in [-0.25, -0.2) is 4.39 Å². The molecule has 2 atom stereocenters. The van der Waals surface area contributed by atoms with Crippen molar-refractivity contribution in [2.45, 2.75) is 38.5 Å². The van der Waals surface area contributed by atoms with Gasteiger partial charge in [0.2, 0.25) is 0 Å². The number of nitrogens with one attached hydrogen (secondary N) is 1. The van der Waals surface area contributed by atoms with Gasteiger partial charge < -0.3 is 4.55 Å². The SMILES string of the molecule is CC(N[S@@+]([O-])C(C)(C)C)c1ccccc1F. The highest BCUT2D eigenvalue weighted by molar-refractivity contribution is 7.90. The van der Waals surface area contributed by atoms with Crippen molar-refractivity contribution in [3.05, 3.63) is 35.6 Å². The van der Waals surface area contributed by atoms with E-state index in [0.29, 0.717) is 5.56 Å². The molecule has 0 amide bonds. The Bertz CT molecular complexity index is 351. The summed E-state index contributed by atoms with van der Waals surface area (Å²) in [6.07, 6.45) is 0. The van der Waals surface area contributed by atoms with Gasteiger partial charge in [-0.2, -0.15) is 0 Å². The lowest BCUT2D eigenvalue weighted by molar-refractivity contribution is 0.522. The van der Waals surface area contributed by atoms with Crippen LogP contribution in [0.15, 0.2) is 24.3 Å². The fourth-order valence-corrected chi connectivity index (χ4v) is 2.03. The Hall–Kier alpha value is -0.580. The molecule has 1 aromatic rings. The van der Waals surface area contributed by atoms with Crippen LogP contribution in [0.5, 0.6) is 0 Å². The lowest BCUT2D eigenvalue weighted by Gasteiger charge is -2.26. The van der Waals surface area contributed by atoms with Crippen LogP contribution in [-0.4, -0.2) is 9.30 Å². The molecule has 1 rings (SSSR count). The van der Waals surface area contributed by atoms with Crippen LogP contribution in [-0.2, 0) is 11.4 Å². The Balaban J connectivity index is 2.73. The van der Waals surface area contributed by atoms with Gasteiger partial charge in [0.05, 0.1) is 6.04 Å². The second-order valence-electron chi connectivity index (χ2n) is 4.74. The smallest absolute Gasteiger partial charge is 0.136 e. The lowest BCUT2D eigenvalue weighted by atomic mass is 10.1. The molecule has 0 aromatic heterocycles. The average Bonchev–Trinajstić information content (AvgIpc) is 2.16. The van der Waals surface area contributed by atoms with Gasteiger partial charge in [0, 0.05) is 16.9 Å². The molecule has 4 heteroatoms. The zero-order chi connectivity index (χ0) is 12.3. The molecule has 0 heterocycles. The zero-order valence-corrected chi connectivity index (χ0v) is 10.9. The molecule has 16 heavy (non-hydrogen) atoms. The third-order valence-corrected chi connectivity index (χ3v) is 3.89. The number of benzene rings is 1. The van der Waals surface area contributed by atoms with Crippen molar-refractivity contribution in [3.8, 4) is 0 Å². The van der Waals surface area contributed by atoms with Crippen LogP contribution in [0.2, 0.25) is 0 Å². The van der Waals surface area contributed by atoms with Crippen LogP contribution < -0.4 is 4.72 Å². The second-order valence-corrected chi connectivity index (χ2v) is 6.74. The van der Waals surface area contributed by atoms with E-state index in [0.717, 1.165) is 0 Å². The molecular formula is C12H18FNOS. The van der Waals surface area contributed by atoms with Crippen LogP contribution in [0.1, 0.15) is 39.3 Å². The predicted octanol–water partition coefficient (Wildman–Crippen LogP) is 2.94. The summed E-state index contributed by atoms with van der Waals surface area (Å²) in [6, 6.07) is 6.27. The minimum Gasteiger partial charge on any atom is -0.598 e. The van der Waals surface area contributed by atoms with E-state index in [1.807, 2.05) is 27.7 Å². The van der Waals surface area contributed by atoms with Gasteiger partial charge in [0.25, 0.3) is 0 Å². The quantitative estimate of drug-likeness (QED) is 0.828. The van der Waals surface area contributed by atoms with E-state index in [1.165, 1.54) is 6.07 Å². The maximum Gasteiger partial charge on any atom is 0.136 e. The van der Waals surface area contributed by atoms with E-state index >= 15 is 0 Å². The number of hydrogen-bond donors (Lipinski definition) is 1. The Morgan fingerprint density at radius 2 is 1.88 bits per heavy atom. The molecular weight excluding hydrogens is 225 g/mol. The normalized spacial score (nSPS) is 15.9. The van der Waals surface area contributed by atoms with E-state index in [2.05, 4.69) is 4.72 Å². The molecule has 0 saturated heterocycles. The first kappa shape index (κ1) is 13.5. The summed E-state index contributed by atoms with van der Waals surface area (Å²) in [4.78, 5) is 0. The van der Waals surface area contributed by atoms with Crippen molar-refractivity contribution in [1.82, 2.24) is 4.72 Å². The Kier molecular flexibility index (Phi) is 4.35. The lowest BCUT2D eigenvalue weighted by Crippen LogP contribution is -2.40. The maximum atomic E-state index is 13.4. The molecule has 1 aromatic carbocycles. The fourth-order valence-electron chi connectivity index (χ4n) is 1.23. The standard InChI is InChI=1S/C12H18FNOS/c1-9(14-16(15)12(2,3)4)10-7-5-6-8-11(10)13/h5-9,14H,1-4H3/t9?,16-/m0/s1. The first-order chi connectivity index (χ1) is 7.32. The summed E-state index contributed by atoms with van der Waals surface area (Å²) < 4.78 is 27.8. The second kappa shape index (κ2) is 5.17. The molecule has 90 valence electrons. The summed E-state index contributed by atoms with van der Waals surface area (Å²) in [5.41, 5.74) is 0.542. The van der Waals surface area contributed by atoms with Crippen LogP contribution in [0.4, 0.5) is 4.39 Å². The van der Waals surface area contributed by atoms with Crippen LogP contribution >= 0.6 is 0 Å². The Morgan fingerprint density at radius 1 is 1.31 bits per heavy atom. The monoisotopic (exact) mass is 243 g/mol. The van der Waals surface area contributed by atoms with Crippen molar-refractivity contribution >= 4 is 11.4 Å². The van der Waals surface area contributed by atoms with E-state index in [4.69, 9.17) is 0 Å². The van der Waals surface area contributed by atoms with Crippen LogP contribution in [0, 0.1) is 5.82 Å². The third kappa shape index (κ3) is 3.47. The molecule has 2 nitrogen and oxygen atoms in total. The van der Waals surface area contributed by atoms with Crippen LogP contribution in [0.3, 0.4) is 0 Å². The topological polar surface area (TPSA) is 35.1 Å². The van der Waals surface area contributed by atoms with E-state index in [9.17, 15) is 8.94 Å². The molecule has 0 saturated carbocycles. The zero-order valence-electron chi connectivity index (χ0n) is 10.1. The Labute approximate surface area is 99.6 Å². The largest absolute Gasteiger partial charge is 0.598 e. The fraction of sp³-hybridized carbons (Fsp3) is 0.500. The van der Waals surface area contributed by atoms with Crippen molar-refractivity contribution in [2.75, 3.05) is 0 Å². The molecule has 0 aliphatic rings. The highest BCUT2D eigenvalue weighted by atomic mass is 32.2. The van der Waals surface area contributed by atoms with Gasteiger partial charge in [-0.05, 0) is 33.8 Å². The molecule has 0 aliphatic carbocycles. The van der Waals surface area contributed by atoms with Gasteiger partial charge in [-0.15, -0.1) is 4.72 Å². The molecule has 0 fully saturated rings. The van der Waals surface area contributed by atoms with Crippen molar-refractivity contribution in [2.24, 2.45) is 0 Å². The van der Waals surface area contributed by atoms with Crippen LogP contribution in [0.25, 0.3) is 0 Å². The van der Waals surface area contributed by atoms with E-state index in [1.54, 1.807) is 18.2 Å². The number of hydrogen-bond acceptors (Lipinski definition) is 2. The minimum absolute atomic E-state index is 0.263. The van der Waals surface area contributed by atoms with Crippen molar-refractivity contribution < 1.29 is 8.94 Å². The summed E-state index contributed by atoms with van der Waals surface area (Å²) in [5.74, 6) is -0.270. The minimum atomic E-state index is -1.19. The molecule has 1 N–H and O–H groups in total. The first-order valence-electron chi connectivity index (χ1n) is 5.25. The molecule has 0 bridgehead atoms. The molecule has 0 spiro atoms. The molecule has 0 aliphatic heterocycles. The Morgan fingerprint density at radius 3 is 2.38 bits per heavy atom. The average molecular weight is 243 g/mol. The van der Waals surface area contributed by atoms with Gasteiger partial charge in [0.1, 0.15) is 10.6 Å². The van der Waals surface area contributed by atoms with Gasteiger partial charge >= 0.3 is 0 Å². The predicted molar refractivity (Wildman–Crippen MR) is 65.8 cm³/mol. The summed E-state index contributed by atoms with van der Waals surface area (Å²) in [7, 11) is 0. The van der Waals surface area contributed by atoms with E-state index < -0.39 is 11.4 Å². The highest BCUT2D eigenvalue weighted by Gasteiger charge is 2.28. The number of rotatable bonds is 3. The van der Waals surface area contributed by atoms with E-state index in [-0.39, 0.29) is 16.6 Å². The summed E-state index contributed by atoms with van der Waals surface area (Å²) >= 11 is -1.19. The molecule has 1 unspecified atom stereocenters. The summed E-state index contributed by atoms with van der Waals surface area (Å²) in [5, 5.41) is 0. The van der Waals surface area contributed by atoms with Gasteiger partial charge in [-0.3, -0.25) is 0 Å². The molecule has 0 radical (unpaired) electrons. The van der Waals surface area contributed by atoms with Gasteiger partial charge in [-0.1, -0.05) is 18.2 Å². The van der Waals surface area contributed by atoms with Crippen molar-refractivity contribution in [3.63, 3.8) is 0 Å². The summed E-state index contributed by atoms with van der Waals surface area (Å²) in [6.45, 7) is 7.45. The van der Waals surface area contributed by atoms with Gasteiger partial charge in [0.15, 0.2) is 0 Å². The maximum absolute atomic E-state index is 13.4. The first-order valence-corrected chi connectivity index (χ1v) is 6.40.